The molecule has 90 valence electrons. The highest BCUT2D eigenvalue weighted by Gasteiger charge is 2.05. The van der Waals surface area contributed by atoms with Gasteiger partial charge in [0.25, 0.3) is 0 Å². The minimum Gasteiger partial charge on any atom is -0.373 e. The number of nitrogens with zero attached hydrogens (tertiary/aromatic N) is 3. The lowest BCUT2D eigenvalue weighted by molar-refractivity contribution is 1.02. The van der Waals surface area contributed by atoms with Crippen molar-refractivity contribution in [3.63, 3.8) is 0 Å². The zero-order valence-corrected chi connectivity index (χ0v) is 10.7. The van der Waals surface area contributed by atoms with E-state index >= 15 is 0 Å². The standard InChI is InChI=1S/C13H12N4S/c1-14-12-6-9(15-8-16-12)7-13-17-10-4-2-3-5-11(10)18-13/h2-6,8H,7H2,1H3,(H,14,15,16). The second-order valence-corrected chi connectivity index (χ2v) is 5.01. The van der Waals surface area contributed by atoms with E-state index in [0.717, 1.165) is 28.5 Å². The summed E-state index contributed by atoms with van der Waals surface area (Å²) in [5.41, 5.74) is 2.04. The van der Waals surface area contributed by atoms with Crippen LogP contribution in [0.25, 0.3) is 10.2 Å². The van der Waals surface area contributed by atoms with E-state index in [1.165, 1.54) is 4.70 Å². The van der Waals surface area contributed by atoms with E-state index in [-0.39, 0.29) is 0 Å². The molecule has 4 nitrogen and oxygen atoms in total. The van der Waals surface area contributed by atoms with Crippen LogP contribution in [0, 0.1) is 0 Å². The van der Waals surface area contributed by atoms with Crippen LogP contribution in [0.3, 0.4) is 0 Å². The van der Waals surface area contributed by atoms with Crippen LogP contribution in [0.15, 0.2) is 36.7 Å². The Labute approximate surface area is 109 Å². The number of para-hydroxylation sites is 1. The summed E-state index contributed by atoms with van der Waals surface area (Å²) in [6.07, 6.45) is 2.32. The summed E-state index contributed by atoms with van der Waals surface area (Å²) in [5.74, 6) is 0.834. The van der Waals surface area contributed by atoms with Crippen LogP contribution in [-0.4, -0.2) is 22.0 Å². The molecule has 3 rings (SSSR count). The molecular formula is C13H12N4S. The van der Waals surface area contributed by atoms with E-state index in [4.69, 9.17) is 0 Å². The van der Waals surface area contributed by atoms with Crippen LogP contribution in [0.2, 0.25) is 0 Å². The molecule has 1 N–H and O–H groups in total. The Bertz CT molecular complexity index is 644. The average molecular weight is 256 g/mol. The molecule has 0 unspecified atom stereocenters. The number of fused-ring (bicyclic) bond motifs is 1. The Kier molecular flexibility index (Phi) is 2.90. The fourth-order valence-corrected chi connectivity index (χ4v) is 2.76. The van der Waals surface area contributed by atoms with Crippen molar-refractivity contribution >= 4 is 27.4 Å². The van der Waals surface area contributed by atoms with E-state index in [2.05, 4.69) is 26.3 Å². The molecule has 1 aromatic carbocycles. The summed E-state index contributed by atoms with van der Waals surface area (Å²) in [4.78, 5) is 13.0. The molecule has 0 saturated heterocycles. The van der Waals surface area contributed by atoms with E-state index in [1.54, 1.807) is 17.7 Å². The highest BCUT2D eigenvalue weighted by molar-refractivity contribution is 7.18. The van der Waals surface area contributed by atoms with Crippen molar-refractivity contribution in [1.29, 1.82) is 0 Å². The summed E-state index contributed by atoms with van der Waals surface area (Å²) >= 11 is 1.71. The molecule has 0 saturated carbocycles. The summed E-state index contributed by atoms with van der Waals surface area (Å²) in [6, 6.07) is 10.1. The molecule has 5 heteroatoms. The second kappa shape index (κ2) is 4.70. The van der Waals surface area contributed by atoms with Gasteiger partial charge in [0.05, 0.1) is 20.9 Å². The summed E-state index contributed by atoms with van der Waals surface area (Å²) in [7, 11) is 1.85. The molecule has 18 heavy (non-hydrogen) atoms. The van der Waals surface area contributed by atoms with Crippen molar-refractivity contribution in [1.82, 2.24) is 15.0 Å². The first-order valence-corrected chi connectivity index (χ1v) is 6.50. The maximum Gasteiger partial charge on any atom is 0.129 e. The number of benzene rings is 1. The number of rotatable bonds is 3. The Hall–Kier alpha value is -2.01. The van der Waals surface area contributed by atoms with E-state index in [9.17, 15) is 0 Å². The average Bonchev–Trinajstić information content (AvgIpc) is 2.81. The number of thiazole rings is 1. The van der Waals surface area contributed by atoms with Gasteiger partial charge in [-0.15, -0.1) is 11.3 Å². The van der Waals surface area contributed by atoms with Gasteiger partial charge in [-0.3, -0.25) is 0 Å². The van der Waals surface area contributed by atoms with Gasteiger partial charge in [0, 0.05) is 19.5 Å². The monoisotopic (exact) mass is 256 g/mol. The first-order valence-electron chi connectivity index (χ1n) is 5.68. The molecular weight excluding hydrogens is 244 g/mol. The van der Waals surface area contributed by atoms with Crippen LogP contribution in [0.1, 0.15) is 10.7 Å². The van der Waals surface area contributed by atoms with Gasteiger partial charge in [-0.05, 0) is 12.1 Å². The van der Waals surface area contributed by atoms with Gasteiger partial charge in [-0.1, -0.05) is 12.1 Å². The van der Waals surface area contributed by atoms with Crippen molar-refractivity contribution in [2.24, 2.45) is 0 Å². The van der Waals surface area contributed by atoms with Gasteiger partial charge in [-0.25, -0.2) is 15.0 Å². The van der Waals surface area contributed by atoms with Gasteiger partial charge < -0.3 is 5.32 Å². The van der Waals surface area contributed by atoms with Crippen LogP contribution < -0.4 is 5.32 Å². The number of hydrogen-bond acceptors (Lipinski definition) is 5. The topological polar surface area (TPSA) is 50.7 Å². The van der Waals surface area contributed by atoms with Crippen LogP contribution in [-0.2, 0) is 6.42 Å². The predicted molar refractivity (Wildman–Crippen MR) is 74.0 cm³/mol. The molecule has 0 amide bonds. The number of anilines is 1. The third-order valence-electron chi connectivity index (χ3n) is 2.65. The molecule has 0 radical (unpaired) electrons. The largest absolute Gasteiger partial charge is 0.373 e. The Balaban J connectivity index is 1.91. The SMILES string of the molecule is CNc1cc(Cc2nc3ccccc3s2)ncn1. The highest BCUT2D eigenvalue weighted by atomic mass is 32.1. The van der Waals surface area contributed by atoms with Crippen LogP contribution >= 0.6 is 11.3 Å². The number of nitrogens with one attached hydrogen (secondary N) is 1. The Morgan fingerprint density at radius 2 is 2.11 bits per heavy atom. The lowest BCUT2D eigenvalue weighted by Gasteiger charge is -2.00. The molecule has 0 aliphatic rings. The molecule has 2 aromatic heterocycles. The maximum atomic E-state index is 4.60. The van der Waals surface area contributed by atoms with E-state index < -0.39 is 0 Å². The molecule has 0 fully saturated rings. The number of hydrogen-bond donors (Lipinski definition) is 1. The molecule has 0 spiro atoms. The van der Waals surface area contributed by atoms with E-state index in [1.807, 2.05) is 31.3 Å². The molecule has 2 heterocycles. The van der Waals surface area contributed by atoms with Gasteiger partial charge in [0.1, 0.15) is 12.1 Å². The summed E-state index contributed by atoms with van der Waals surface area (Å²) in [5, 5.41) is 4.09. The smallest absolute Gasteiger partial charge is 0.129 e. The number of aromatic nitrogens is 3. The highest BCUT2D eigenvalue weighted by Crippen LogP contribution is 2.23. The zero-order valence-electron chi connectivity index (χ0n) is 9.92. The third-order valence-corrected chi connectivity index (χ3v) is 3.69. The van der Waals surface area contributed by atoms with Crippen molar-refractivity contribution < 1.29 is 0 Å². The normalized spacial score (nSPS) is 10.7. The first kappa shape index (κ1) is 11.1. The molecule has 0 atom stereocenters. The minimum atomic E-state index is 0.747. The molecule has 0 aliphatic carbocycles. The van der Waals surface area contributed by atoms with Crippen molar-refractivity contribution in [3.05, 3.63) is 47.4 Å². The summed E-state index contributed by atoms with van der Waals surface area (Å²) < 4.78 is 1.22. The Morgan fingerprint density at radius 3 is 2.94 bits per heavy atom. The van der Waals surface area contributed by atoms with E-state index in [0.29, 0.717) is 0 Å². The molecule has 0 bridgehead atoms. The third kappa shape index (κ3) is 2.17. The maximum absolute atomic E-state index is 4.60. The lowest BCUT2D eigenvalue weighted by atomic mass is 10.3. The van der Waals surface area contributed by atoms with Crippen LogP contribution in [0.4, 0.5) is 5.82 Å². The second-order valence-electron chi connectivity index (χ2n) is 3.90. The lowest BCUT2D eigenvalue weighted by Crippen LogP contribution is -1.97. The van der Waals surface area contributed by atoms with Gasteiger partial charge in [-0.2, -0.15) is 0 Å². The minimum absolute atomic E-state index is 0.747. The fraction of sp³-hybridized carbons (Fsp3) is 0.154. The first-order chi connectivity index (χ1) is 8.85. The molecule has 3 aromatic rings. The van der Waals surface area contributed by atoms with Crippen LogP contribution in [0.5, 0.6) is 0 Å². The predicted octanol–water partition coefficient (Wildman–Crippen LogP) is 2.72. The van der Waals surface area contributed by atoms with Crippen molar-refractivity contribution in [3.8, 4) is 0 Å². The molecule has 0 aliphatic heterocycles. The van der Waals surface area contributed by atoms with Crippen molar-refractivity contribution in [2.75, 3.05) is 12.4 Å². The summed E-state index contributed by atoms with van der Waals surface area (Å²) in [6.45, 7) is 0. The van der Waals surface area contributed by atoms with Crippen molar-refractivity contribution in [2.45, 2.75) is 6.42 Å². The fourth-order valence-electron chi connectivity index (χ4n) is 1.78. The van der Waals surface area contributed by atoms with Gasteiger partial charge in [0.2, 0.25) is 0 Å². The zero-order chi connectivity index (χ0) is 12.4. The van der Waals surface area contributed by atoms with Gasteiger partial charge >= 0.3 is 0 Å². The quantitative estimate of drug-likeness (QED) is 0.783. The van der Waals surface area contributed by atoms with Gasteiger partial charge in [0.15, 0.2) is 0 Å². The Morgan fingerprint density at radius 1 is 1.22 bits per heavy atom.